The zero-order valence-corrected chi connectivity index (χ0v) is 14.7. The zero-order valence-electron chi connectivity index (χ0n) is 14.7. The van der Waals surface area contributed by atoms with Crippen LogP contribution in [0, 0.1) is 0 Å². The minimum Gasteiger partial charge on any atom is -0.497 e. The third-order valence-corrected chi connectivity index (χ3v) is 3.59. The van der Waals surface area contributed by atoms with E-state index in [-0.39, 0.29) is 0 Å². The minimum absolute atomic E-state index is 0.533. The first-order valence-corrected chi connectivity index (χ1v) is 8.28. The van der Waals surface area contributed by atoms with Crippen LogP contribution in [-0.4, -0.2) is 43.8 Å². The van der Waals surface area contributed by atoms with Gasteiger partial charge in [-0.1, -0.05) is 13.3 Å². The van der Waals surface area contributed by atoms with E-state index in [1.165, 1.54) is 6.42 Å². The number of unbranched alkanes of at least 4 members (excludes halogenated alkanes) is 1. The summed E-state index contributed by atoms with van der Waals surface area (Å²) in [6.07, 6.45) is 4.10. The Morgan fingerprint density at radius 3 is 2.58 bits per heavy atom. The monoisotopic (exact) mass is 330 g/mol. The van der Waals surface area contributed by atoms with Gasteiger partial charge in [0.05, 0.1) is 13.7 Å². The van der Waals surface area contributed by atoms with Gasteiger partial charge in [0.25, 0.3) is 0 Å². The first kappa shape index (κ1) is 17.8. The van der Waals surface area contributed by atoms with Crippen LogP contribution in [0.5, 0.6) is 11.5 Å². The number of rotatable bonds is 10. The molecule has 1 aromatic carbocycles. The fourth-order valence-electron chi connectivity index (χ4n) is 2.16. The summed E-state index contributed by atoms with van der Waals surface area (Å²) in [6, 6.07) is 9.45. The van der Waals surface area contributed by atoms with Crippen molar-refractivity contribution in [3.8, 4) is 11.5 Å². The molecule has 1 aromatic heterocycles. The van der Waals surface area contributed by atoms with Gasteiger partial charge in [-0.05, 0) is 36.8 Å². The Labute approximate surface area is 143 Å². The summed E-state index contributed by atoms with van der Waals surface area (Å²) in [6.45, 7) is 4.34. The highest BCUT2D eigenvalue weighted by Gasteiger charge is 2.04. The van der Waals surface area contributed by atoms with Crippen LogP contribution >= 0.6 is 0 Å². The summed E-state index contributed by atoms with van der Waals surface area (Å²) in [5, 5.41) is 3.19. The van der Waals surface area contributed by atoms with Crippen molar-refractivity contribution in [3.63, 3.8) is 0 Å². The van der Waals surface area contributed by atoms with Crippen molar-refractivity contribution in [2.24, 2.45) is 0 Å². The van der Waals surface area contributed by atoms with Gasteiger partial charge in [-0.3, -0.25) is 0 Å². The summed E-state index contributed by atoms with van der Waals surface area (Å²) >= 11 is 0. The van der Waals surface area contributed by atoms with Crippen molar-refractivity contribution in [1.29, 1.82) is 0 Å². The summed E-state index contributed by atoms with van der Waals surface area (Å²) in [5.74, 6) is 3.18. The standard InChI is InChI=1S/C18H26N4O2/c1-4-5-13-22(2)17-10-11-19-18(21-17)20-12-14-24-16-8-6-15(23-3)7-9-16/h6-11H,4-5,12-14H2,1-3H3,(H,19,20,21). The Kier molecular flexibility index (Phi) is 7.14. The van der Waals surface area contributed by atoms with E-state index in [0.29, 0.717) is 19.1 Å². The lowest BCUT2D eigenvalue weighted by Gasteiger charge is -2.18. The number of aromatic nitrogens is 2. The molecule has 0 aliphatic rings. The molecule has 0 unspecified atom stereocenters. The molecule has 1 heterocycles. The van der Waals surface area contributed by atoms with Gasteiger partial charge in [0, 0.05) is 19.8 Å². The van der Waals surface area contributed by atoms with Crippen LogP contribution in [0.1, 0.15) is 19.8 Å². The third-order valence-electron chi connectivity index (χ3n) is 3.59. The maximum atomic E-state index is 5.67. The Balaban J connectivity index is 1.77. The predicted octanol–water partition coefficient (Wildman–Crippen LogP) is 3.21. The smallest absolute Gasteiger partial charge is 0.224 e. The molecule has 0 fully saturated rings. The van der Waals surface area contributed by atoms with Crippen LogP contribution in [0.15, 0.2) is 36.5 Å². The summed E-state index contributed by atoms with van der Waals surface area (Å²) in [5.41, 5.74) is 0. The second kappa shape index (κ2) is 9.60. The van der Waals surface area contributed by atoms with Crippen LogP contribution in [0.3, 0.4) is 0 Å². The SMILES string of the molecule is CCCCN(C)c1ccnc(NCCOc2ccc(OC)cc2)n1. The fourth-order valence-corrected chi connectivity index (χ4v) is 2.16. The summed E-state index contributed by atoms with van der Waals surface area (Å²) < 4.78 is 10.8. The number of nitrogens with zero attached hydrogens (tertiary/aromatic N) is 3. The maximum Gasteiger partial charge on any atom is 0.224 e. The molecule has 6 heteroatoms. The Bertz CT molecular complexity index is 604. The van der Waals surface area contributed by atoms with Gasteiger partial charge in [-0.15, -0.1) is 0 Å². The molecule has 2 rings (SSSR count). The van der Waals surface area contributed by atoms with E-state index in [1.807, 2.05) is 30.3 Å². The lowest BCUT2D eigenvalue weighted by molar-refractivity contribution is 0.331. The van der Waals surface area contributed by atoms with Gasteiger partial charge >= 0.3 is 0 Å². The van der Waals surface area contributed by atoms with Crippen molar-refractivity contribution < 1.29 is 9.47 Å². The number of nitrogens with one attached hydrogen (secondary N) is 1. The third kappa shape index (κ3) is 5.61. The molecule has 2 aromatic rings. The lowest BCUT2D eigenvalue weighted by Crippen LogP contribution is -2.20. The van der Waals surface area contributed by atoms with Crippen LogP contribution < -0.4 is 19.7 Å². The van der Waals surface area contributed by atoms with Crippen LogP contribution in [0.2, 0.25) is 0 Å². The molecule has 0 atom stereocenters. The molecule has 0 radical (unpaired) electrons. The first-order valence-electron chi connectivity index (χ1n) is 8.28. The molecule has 0 aliphatic heterocycles. The molecule has 0 bridgehead atoms. The van der Waals surface area contributed by atoms with Gasteiger partial charge in [-0.2, -0.15) is 4.98 Å². The molecule has 6 nitrogen and oxygen atoms in total. The lowest BCUT2D eigenvalue weighted by atomic mass is 10.3. The quantitative estimate of drug-likeness (QED) is 0.675. The largest absolute Gasteiger partial charge is 0.497 e. The number of hydrogen-bond acceptors (Lipinski definition) is 6. The molecule has 1 N–H and O–H groups in total. The number of ether oxygens (including phenoxy) is 2. The van der Waals surface area contributed by atoms with Crippen LogP contribution in [0.25, 0.3) is 0 Å². The molecule has 24 heavy (non-hydrogen) atoms. The van der Waals surface area contributed by atoms with Gasteiger partial charge in [0.1, 0.15) is 23.9 Å². The van der Waals surface area contributed by atoms with Crippen molar-refractivity contribution in [2.75, 3.05) is 44.1 Å². The highest BCUT2D eigenvalue weighted by molar-refractivity contribution is 5.41. The van der Waals surface area contributed by atoms with Crippen molar-refractivity contribution in [1.82, 2.24) is 9.97 Å². The first-order chi connectivity index (χ1) is 11.7. The van der Waals surface area contributed by atoms with Gasteiger partial charge in [0.2, 0.25) is 5.95 Å². The molecule has 0 aliphatic carbocycles. The fraction of sp³-hybridized carbons (Fsp3) is 0.444. The maximum absolute atomic E-state index is 5.67. The van der Waals surface area contributed by atoms with E-state index >= 15 is 0 Å². The average Bonchev–Trinajstić information content (AvgIpc) is 2.64. The Morgan fingerprint density at radius 1 is 1.12 bits per heavy atom. The zero-order chi connectivity index (χ0) is 17.2. The van der Waals surface area contributed by atoms with E-state index in [4.69, 9.17) is 9.47 Å². The van der Waals surface area contributed by atoms with Gasteiger partial charge < -0.3 is 19.7 Å². The molecular weight excluding hydrogens is 304 g/mol. The van der Waals surface area contributed by atoms with Crippen LogP contribution in [0.4, 0.5) is 11.8 Å². The predicted molar refractivity (Wildman–Crippen MR) is 97.2 cm³/mol. The van der Waals surface area contributed by atoms with Crippen molar-refractivity contribution in [3.05, 3.63) is 36.5 Å². The molecule has 0 spiro atoms. The summed E-state index contributed by atoms with van der Waals surface area (Å²) in [7, 11) is 3.70. The average molecular weight is 330 g/mol. The second-order valence-corrected chi connectivity index (χ2v) is 5.46. The van der Waals surface area contributed by atoms with E-state index in [2.05, 4.69) is 34.2 Å². The van der Waals surface area contributed by atoms with E-state index in [0.717, 1.165) is 30.3 Å². The van der Waals surface area contributed by atoms with Crippen molar-refractivity contribution >= 4 is 11.8 Å². The highest BCUT2D eigenvalue weighted by Crippen LogP contribution is 2.17. The van der Waals surface area contributed by atoms with Gasteiger partial charge in [0.15, 0.2) is 0 Å². The molecule has 0 saturated heterocycles. The molecular formula is C18H26N4O2. The Morgan fingerprint density at radius 2 is 1.88 bits per heavy atom. The van der Waals surface area contributed by atoms with Crippen LogP contribution in [-0.2, 0) is 0 Å². The van der Waals surface area contributed by atoms with Gasteiger partial charge in [-0.25, -0.2) is 4.98 Å². The highest BCUT2D eigenvalue weighted by atomic mass is 16.5. The van der Waals surface area contributed by atoms with E-state index < -0.39 is 0 Å². The van der Waals surface area contributed by atoms with Crippen molar-refractivity contribution in [2.45, 2.75) is 19.8 Å². The minimum atomic E-state index is 0.533. The second-order valence-electron chi connectivity index (χ2n) is 5.46. The van der Waals surface area contributed by atoms with E-state index in [1.54, 1.807) is 13.3 Å². The van der Waals surface area contributed by atoms with E-state index in [9.17, 15) is 0 Å². The summed E-state index contributed by atoms with van der Waals surface area (Å²) in [4.78, 5) is 10.9. The topological polar surface area (TPSA) is 59.5 Å². The molecule has 130 valence electrons. The molecule has 0 saturated carbocycles. The molecule has 0 amide bonds. The number of hydrogen-bond donors (Lipinski definition) is 1. The normalized spacial score (nSPS) is 10.3. The number of methoxy groups -OCH3 is 1. The number of benzene rings is 1. The Hall–Kier alpha value is -2.50. The number of anilines is 2.